The maximum absolute atomic E-state index is 13.0. The second-order valence-corrected chi connectivity index (χ2v) is 6.55. The highest BCUT2D eigenvalue weighted by molar-refractivity contribution is 5.86. The third kappa shape index (κ3) is 4.05. The van der Waals surface area contributed by atoms with Crippen LogP contribution in [0.25, 0.3) is 0 Å². The predicted molar refractivity (Wildman–Crippen MR) is 90.9 cm³/mol. The van der Waals surface area contributed by atoms with Gasteiger partial charge in [-0.2, -0.15) is 0 Å². The Kier molecular flexibility index (Phi) is 5.15. The molecule has 1 atom stereocenters. The fraction of sp³-hybridized carbons (Fsp3) is 0.444. The summed E-state index contributed by atoms with van der Waals surface area (Å²) < 4.78 is 14.9. The smallest absolute Gasteiger partial charge is 0.256 e. The van der Waals surface area contributed by atoms with Gasteiger partial charge in [0.1, 0.15) is 11.6 Å². The summed E-state index contributed by atoms with van der Waals surface area (Å²) in [6.07, 6.45) is 4.72. The number of hydrogen-bond acceptors (Lipinski definition) is 4. The quantitative estimate of drug-likeness (QED) is 0.825. The van der Waals surface area contributed by atoms with Gasteiger partial charge in [0.05, 0.1) is 6.54 Å². The maximum Gasteiger partial charge on any atom is 0.256 e. The summed E-state index contributed by atoms with van der Waals surface area (Å²) in [7, 11) is 1.90. The Balaban J connectivity index is 1.59. The minimum absolute atomic E-state index is 0.179. The number of benzene rings is 1. The first kappa shape index (κ1) is 17.6. The Bertz CT molecular complexity index is 731. The van der Waals surface area contributed by atoms with Crippen molar-refractivity contribution >= 4 is 5.91 Å². The number of hydrogen-bond donors (Lipinski definition) is 2. The number of halogens is 1. The van der Waals surface area contributed by atoms with Gasteiger partial charge in [0.15, 0.2) is 5.60 Å². The van der Waals surface area contributed by atoms with Crippen molar-refractivity contribution in [2.24, 2.45) is 7.05 Å². The Morgan fingerprint density at radius 3 is 2.80 bits per heavy atom. The first-order valence-electron chi connectivity index (χ1n) is 8.41. The molecule has 0 bridgehead atoms. The van der Waals surface area contributed by atoms with Gasteiger partial charge >= 0.3 is 0 Å². The van der Waals surface area contributed by atoms with Gasteiger partial charge in [-0.1, -0.05) is 12.1 Å². The zero-order valence-corrected chi connectivity index (χ0v) is 14.3. The predicted octanol–water partition coefficient (Wildman–Crippen LogP) is 1.20. The molecule has 0 unspecified atom stereocenters. The monoisotopic (exact) mass is 346 g/mol. The molecule has 2 heterocycles. The molecule has 0 saturated carbocycles. The molecule has 134 valence electrons. The van der Waals surface area contributed by atoms with E-state index in [0.29, 0.717) is 26.1 Å². The fourth-order valence-electron chi connectivity index (χ4n) is 3.14. The number of nitrogens with zero attached hydrogens (tertiary/aromatic N) is 3. The van der Waals surface area contributed by atoms with Gasteiger partial charge in [-0.3, -0.25) is 4.79 Å². The number of piperidine rings is 1. The number of nitrogens with one attached hydrogen (secondary N) is 1. The molecule has 3 rings (SSSR count). The Labute approximate surface area is 146 Å². The molecular weight excluding hydrogens is 323 g/mol. The molecule has 2 N–H and O–H groups in total. The minimum atomic E-state index is -1.41. The summed E-state index contributed by atoms with van der Waals surface area (Å²) in [5.74, 6) is 0.258. The molecule has 0 radical (unpaired) electrons. The molecule has 1 aliphatic rings. The van der Waals surface area contributed by atoms with Gasteiger partial charge in [-0.15, -0.1) is 0 Å². The highest BCUT2D eigenvalue weighted by Crippen LogP contribution is 2.24. The highest BCUT2D eigenvalue weighted by atomic mass is 19.1. The standard InChI is InChI=1S/C18H23FN4O2/c1-22-10-8-21-16(22)11-20-13-18(25)7-2-9-23(17(18)24)12-14-3-5-15(19)6-4-14/h3-6,8,10,20,25H,2,7,9,11-13H2,1H3/t18-/m1/s1. The molecule has 6 nitrogen and oxygen atoms in total. The van der Waals surface area contributed by atoms with Crippen LogP contribution in [0.1, 0.15) is 24.2 Å². The van der Waals surface area contributed by atoms with Crippen LogP contribution < -0.4 is 5.32 Å². The van der Waals surface area contributed by atoms with Crippen LogP contribution >= 0.6 is 0 Å². The summed E-state index contributed by atoms with van der Waals surface area (Å²) in [5.41, 5.74) is -0.566. The average Bonchev–Trinajstić information content (AvgIpc) is 2.99. The third-order valence-electron chi connectivity index (χ3n) is 4.61. The van der Waals surface area contributed by atoms with Crippen LogP contribution in [0.2, 0.25) is 0 Å². The second-order valence-electron chi connectivity index (χ2n) is 6.55. The molecule has 1 fully saturated rings. The maximum atomic E-state index is 13.0. The minimum Gasteiger partial charge on any atom is -0.379 e. The number of carbonyl (C=O) groups is 1. The molecule has 25 heavy (non-hydrogen) atoms. The van der Waals surface area contributed by atoms with E-state index in [1.165, 1.54) is 12.1 Å². The van der Waals surface area contributed by atoms with E-state index in [4.69, 9.17) is 0 Å². The molecule has 0 spiro atoms. The number of aliphatic hydroxyl groups is 1. The lowest BCUT2D eigenvalue weighted by Crippen LogP contribution is -2.57. The van der Waals surface area contributed by atoms with Gasteiger partial charge in [0.2, 0.25) is 0 Å². The largest absolute Gasteiger partial charge is 0.379 e. The molecular formula is C18H23FN4O2. The van der Waals surface area contributed by atoms with E-state index in [1.807, 2.05) is 17.8 Å². The zero-order valence-electron chi connectivity index (χ0n) is 14.3. The summed E-state index contributed by atoms with van der Waals surface area (Å²) in [5, 5.41) is 13.9. The Morgan fingerprint density at radius 1 is 1.36 bits per heavy atom. The zero-order chi connectivity index (χ0) is 17.9. The van der Waals surface area contributed by atoms with Crippen molar-refractivity contribution in [2.75, 3.05) is 13.1 Å². The third-order valence-corrected chi connectivity index (χ3v) is 4.61. The number of amides is 1. The van der Waals surface area contributed by atoms with Crippen LogP contribution in [-0.4, -0.2) is 44.2 Å². The van der Waals surface area contributed by atoms with Gasteiger partial charge in [-0.25, -0.2) is 9.37 Å². The van der Waals surface area contributed by atoms with E-state index in [2.05, 4.69) is 10.3 Å². The van der Waals surface area contributed by atoms with Crippen molar-refractivity contribution in [3.05, 3.63) is 53.9 Å². The molecule has 2 aromatic rings. The van der Waals surface area contributed by atoms with Crippen LogP contribution in [-0.2, 0) is 24.9 Å². The number of imidazole rings is 1. The van der Waals surface area contributed by atoms with Crippen LogP contribution in [0, 0.1) is 5.82 Å². The molecule has 0 aliphatic carbocycles. The first-order chi connectivity index (χ1) is 12.0. The summed E-state index contributed by atoms with van der Waals surface area (Å²) in [6, 6.07) is 6.08. The van der Waals surface area contributed by atoms with Crippen molar-refractivity contribution < 1.29 is 14.3 Å². The first-order valence-corrected chi connectivity index (χ1v) is 8.41. The molecule has 1 aromatic carbocycles. The fourth-order valence-corrected chi connectivity index (χ4v) is 3.14. The second kappa shape index (κ2) is 7.33. The summed E-state index contributed by atoms with van der Waals surface area (Å²) >= 11 is 0. The van der Waals surface area contributed by atoms with Gasteiger partial charge < -0.3 is 19.9 Å². The topological polar surface area (TPSA) is 70.4 Å². The van der Waals surface area contributed by atoms with Crippen molar-refractivity contribution in [1.29, 1.82) is 0 Å². The van der Waals surface area contributed by atoms with E-state index < -0.39 is 5.60 Å². The van der Waals surface area contributed by atoms with Crippen LogP contribution in [0.4, 0.5) is 4.39 Å². The van der Waals surface area contributed by atoms with E-state index in [0.717, 1.165) is 17.8 Å². The molecule has 1 saturated heterocycles. The molecule has 1 aromatic heterocycles. The normalized spacial score (nSPS) is 20.9. The molecule has 1 aliphatic heterocycles. The SMILES string of the molecule is Cn1ccnc1CNC[C@]1(O)CCCN(Cc2ccc(F)cc2)C1=O. The summed E-state index contributed by atoms with van der Waals surface area (Å²) in [4.78, 5) is 18.6. The van der Waals surface area contributed by atoms with Gasteiger partial charge in [-0.05, 0) is 30.5 Å². The summed E-state index contributed by atoms with van der Waals surface area (Å²) in [6.45, 7) is 1.63. The van der Waals surface area contributed by atoms with Crippen LogP contribution in [0.15, 0.2) is 36.7 Å². The highest BCUT2D eigenvalue weighted by Gasteiger charge is 2.41. The Hall–Kier alpha value is -2.25. The number of rotatable bonds is 6. The van der Waals surface area contributed by atoms with Crippen molar-refractivity contribution in [3.8, 4) is 0 Å². The lowest BCUT2D eigenvalue weighted by atomic mass is 9.91. The molecule has 1 amide bonds. The van der Waals surface area contributed by atoms with Crippen molar-refractivity contribution in [1.82, 2.24) is 19.8 Å². The van der Waals surface area contributed by atoms with Crippen LogP contribution in [0.3, 0.4) is 0 Å². The number of aryl methyl sites for hydroxylation is 1. The van der Waals surface area contributed by atoms with E-state index in [-0.39, 0.29) is 18.3 Å². The van der Waals surface area contributed by atoms with E-state index >= 15 is 0 Å². The Morgan fingerprint density at radius 2 is 2.12 bits per heavy atom. The number of likely N-dealkylation sites (tertiary alicyclic amines) is 1. The number of carbonyl (C=O) groups excluding carboxylic acids is 1. The molecule has 7 heteroatoms. The lowest BCUT2D eigenvalue weighted by Gasteiger charge is -2.38. The van der Waals surface area contributed by atoms with Crippen molar-refractivity contribution in [3.63, 3.8) is 0 Å². The average molecular weight is 346 g/mol. The van der Waals surface area contributed by atoms with Crippen LogP contribution in [0.5, 0.6) is 0 Å². The van der Waals surface area contributed by atoms with Gasteiger partial charge in [0.25, 0.3) is 5.91 Å². The number of aromatic nitrogens is 2. The lowest BCUT2D eigenvalue weighted by molar-refractivity contribution is -0.157. The van der Waals surface area contributed by atoms with E-state index in [1.54, 1.807) is 23.2 Å². The van der Waals surface area contributed by atoms with E-state index in [9.17, 15) is 14.3 Å². The van der Waals surface area contributed by atoms with Crippen molar-refractivity contribution in [2.45, 2.75) is 31.5 Å². The van der Waals surface area contributed by atoms with Gasteiger partial charge in [0, 0.05) is 39.1 Å².